The summed E-state index contributed by atoms with van der Waals surface area (Å²) >= 11 is 0. The number of alkyl halides is 8. The molecule has 1 rings (SSSR count). The van der Waals surface area contributed by atoms with Crippen LogP contribution in [0.4, 0.5) is 39.8 Å². The number of hydrogen-bond donors (Lipinski definition) is 0. The molecule has 4 atom stereocenters. The minimum Gasteiger partial charge on any atom is -0.446 e. The topological polar surface area (TPSA) is 105 Å². The van der Waals surface area contributed by atoms with Crippen molar-refractivity contribution in [3.8, 4) is 0 Å². The minimum absolute atomic E-state index is 0. The number of ether oxygens (including phenoxy) is 4. The summed E-state index contributed by atoms with van der Waals surface area (Å²) < 4.78 is 140. The second-order valence-electron chi connectivity index (χ2n) is 7.70. The van der Waals surface area contributed by atoms with E-state index in [1.165, 1.54) is 0 Å². The maximum atomic E-state index is 16.1. The molecule has 220 valence electrons. The van der Waals surface area contributed by atoms with Gasteiger partial charge in [0.2, 0.25) is 5.60 Å². The number of hydrogen-bond acceptors (Lipinski definition) is 8. The van der Waals surface area contributed by atoms with Crippen LogP contribution in [0.5, 0.6) is 0 Å². The summed E-state index contributed by atoms with van der Waals surface area (Å²) in [4.78, 5) is 47.0. The van der Waals surface area contributed by atoms with Gasteiger partial charge in [0.25, 0.3) is 11.5 Å². The molecule has 0 spiro atoms. The maximum Gasteiger partial charge on any atom is 0.364 e. The van der Waals surface area contributed by atoms with Crippen molar-refractivity contribution in [3.63, 3.8) is 0 Å². The molecule has 0 aromatic heterocycles. The molecule has 0 bridgehead atoms. The first kappa shape index (κ1) is 35.2. The fourth-order valence-electron chi connectivity index (χ4n) is 3.54. The van der Waals surface area contributed by atoms with Crippen molar-refractivity contribution in [3.05, 3.63) is 50.6 Å². The van der Waals surface area contributed by atoms with E-state index >= 15 is 26.3 Å². The lowest BCUT2D eigenvalue weighted by Crippen LogP contribution is -2.80. The van der Waals surface area contributed by atoms with Crippen molar-refractivity contribution in [2.24, 2.45) is 0 Å². The van der Waals surface area contributed by atoms with Gasteiger partial charge >= 0.3 is 41.6 Å². The Bertz CT molecular complexity index is 1040. The van der Waals surface area contributed by atoms with Gasteiger partial charge in [0.15, 0.2) is 0 Å². The summed E-state index contributed by atoms with van der Waals surface area (Å²) in [5, 5.41) is 0. The molecule has 0 aromatic rings. The van der Waals surface area contributed by atoms with E-state index < -0.39 is 84.8 Å². The van der Waals surface area contributed by atoms with Gasteiger partial charge in [-0.15, -0.1) is 0 Å². The monoisotopic (exact) mass is 584 g/mol. The Hall–Kier alpha value is -3.79. The summed E-state index contributed by atoms with van der Waals surface area (Å²) in [5.74, 6) is -30.8. The fraction of sp³-hybridized carbons (Fsp3) is 0.455. The zero-order valence-corrected chi connectivity index (χ0v) is 19.7. The van der Waals surface area contributed by atoms with Crippen LogP contribution in [-0.2, 0) is 38.1 Å². The Morgan fingerprint density at radius 3 is 1.44 bits per heavy atom. The molecule has 0 aromatic carbocycles. The highest BCUT2D eigenvalue weighted by atomic mass is 19.3. The SMILES string of the molecule is C=CC(=O)OC1(F)CC(F)(OC(=O)C=C)C(F)(F)C(CF)(OC(=O)C=C)C(F)(F)C(CF)(OC(=O)C=C)C1.F. The van der Waals surface area contributed by atoms with Crippen LogP contribution < -0.4 is 0 Å². The lowest BCUT2D eigenvalue weighted by molar-refractivity contribution is -0.416. The third kappa shape index (κ3) is 5.80. The Morgan fingerprint density at radius 2 is 1.03 bits per heavy atom. The third-order valence-corrected chi connectivity index (χ3v) is 5.28. The van der Waals surface area contributed by atoms with Gasteiger partial charge < -0.3 is 18.9 Å². The van der Waals surface area contributed by atoms with E-state index in [4.69, 9.17) is 0 Å². The second-order valence-corrected chi connectivity index (χ2v) is 7.70. The fourth-order valence-corrected chi connectivity index (χ4v) is 3.54. The van der Waals surface area contributed by atoms with Gasteiger partial charge in [0, 0.05) is 24.3 Å². The summed E-state index contributed by atoms with van der Waals surface area (Å²) in [5.41, 5.74) is -10.1. The van der Waals surface area contributed by atoms with Crippen LogP contribution in [0, 0.1) is 0 Å². The van der Waals surface area contributed by atoms with Crippen molar-refractivity contribution in [2.45, 2.75) is 47.6 Å². The van der Waals surface area contributed by atoms with Crippen LogP contribution in [0.1, 0.15) is 12.8 Å². The maximum absolute atomic E-state index is 16.1. The smallest absolute Gasteiger partial charge is 0.364 e. The van der Waals surface area contributed by atoms with E-state index in [1.807, 2.05) is 0 Å². The van der Waals surface area contributed by atoms with Crippen molar-refractivity contribution < 1.29 is 78.0 Å². The quantitative estimate of drug-likeness (QED) is 0.165. The molecule has 0 heterocycles. The van der Waals surface area contributed by atoms with E-state index in [1.54, 1.807) is 0 Å². The van der Waals surface area contributed by atoms with Crippen LogP contribution in [0.15, 0.2) is 50.6 Å². The summed E-state index contributed by atoms with van der Waals surface area (Å²) in [6, 6.07) is 0. The third-order valence-electron chi connectivity index (χ3n) is 5.28. The van der Waals surface area contributed by atoms with Crippen molar-refractivity contribution >= 4 is 23.9 Å². The van der Waals surface area contributed by atoms with Crippen LogP contribution in [0.3, 0.4) is 0 Å². The summed E-state index contributed by atoms with van der Waals surface area (Å²) in [7, 11) is 0. The van der Waals surface area contributed by atoms with Gasteiger partial charge in [-0.25, -0.2) is 28.0 Å². The first-order valence-corrected chi connectivity index (χ1v) is 10.0. The molecular formula is C22H21F9O8. The molecule has 1 saturated carbocycles. The lowest BCUT2D eigenvalue weighted by atomic mass is 9.69. The van der Waals surface area contributed by atoms with Crippen LogP contribution in [0.2, 0.25) is 0 Å². The molecule has 4 unspecified atom stereocenters. The molecule has 1 aliphatic carbocycles. The Labute approximate surface area is 214 Å². The average Bonchev–Trinajstić information content (AvgIpc) is 2.84. The molecule has 0 saturated heterocycles. The summed E-state index contributed by atoms with van der Waals surface area (Å²) in [6.07, 6.45) is -5.13. The van der Waals surface area contributed by atoms with Crippen molar-refractivity contribution in [1.29, 1.82) is 0 Å². The first-order chi connectivity index (χ1) is 17.4. The summed E-state index contributed by atoms with van der Waals surface area (Å²) in [6.45, 7) is 5.01. The van der Waals surface area contributed by atoms with Crippen molar-refractivity contribution in [1.82, 2.24) is 0 Å². The van der Waals surface area contributed by atoms with E-state index in [0.29, 0.717) is 0 Å². The number of rotatable bonds is 10. The predicted octanol–water partition coefficient (Wildman–Crippen LogP) is 3.87. The molecule has 17 heteroatoms. The highest BCUT2D eigenvalue weighted by molar-refractivity contribution is 5.83. The highest BCUT2D eigenvalue weighted by Crippen LogP contribution is 2.61. The lowest BCUT2D eigenvalue weighted by Gasteiger charge is -2.54. The van der Waals surface area contributed by atoms with Crippen LogP contribution in [-0.4, -0.2) is 72.0 Å². The van der Waals surface area contributed by atoms with E-state index in [2.05, 4.69) is 45.3 Å². The Kier molecular flexibility index (Phi) is 10.8. The molecule has 39 heavy (non-hydrogen) atoms. The van der Waals surface area contributed by atoms with E-state index in [0.717, 1.165) is 0 Å². The second kappa shape index (κ2) is 11.9. The number of carbonyl (C=O) groups is 4. The van der Waals surface area contributed by atoms with Gasteiger partial charge in [-0.05, 0) is 0 Å². The van der Waals surface area contributed by atoms with Gasteiger partial charge in [0.05, 0.1) is 12.8 Å². The normalized spacial score (nSPS) is 31.0. The van der Waals surface area contributed by atoms with Crippen LogP contribution >= 0.6 is 0 Å². The van der Waals surface area contributed by atoms with Gasteiger partial charge in [-0.3, -0.25) is 4.70 Å². The molecule has 8 nitrogen and oxygen atoms in total. The molecule has 0 amide bonds. The van der Waals surface area contributed by atoms with Crippen molar-refractivity contribution in [2.75, 3.05) is 13.3 Å². The minimum atomic E-state index is -6.37. The number of carbonyl (C=O) groups excluding carboxylic acids is 4. The molecule has 1 fully saturated rings. The number of esters is 4. The Morgan fingerprint density at radius 1 is 0.615 bits per heavy atom. The van der Waals surface area contributed by atoms with E-state index in [-0.39, 0.29) is 29.0 Å². The van der Waals surface area contributed by atoms with E-state index in [9.17, 15) is 28.0 Å². The zero-order chi connectivity index (χ0) is 29.8. The molecule has 0 N–H and O–H groups in total. The first-order valence-electron chi connectivity index (χ1n) is 10.0. The molecule has 0 radical (unpaired) electrons. The van der Waals surface area contributed by atoms with Gasteiger partial charge in [0.1, 0.15) is 13.3 Å². The largest absolute Gasteiger partial charge is 0.446 e. The zero-order valence-electron chi connectivity index (χ0n) is 19.7. The highest BCUT2D eigenvalue weighted by Gasteiger charge is 2.88. The Balaban J connectivity index is 0.0000144. The van der Waals surface area contributed by atoms with Gasteiger partial charge in [-0.1, -0.05) is 26.3 Å². The van der Waals surface area contributed by atoms with Gasteiger partial charge in [-0.2, -0.15) is 26.3 Å². The standard InChI is InChI=1S/C22H20F8O8.FH/c1-5-13(31)35-17(11-23)9-18(25,36-14(32)6-2)10-20(26,38-16(34)8-4)22(29,30)19(12-24,21(17,27)28)37-15(33)7-3;/h5-8H,1-4,9-12H2;1H. The number of halogens is 9. The van der Waals surface area contributed by atoms with Crippen LogP contribution in [0.25, 0.3) is 0 Å². The molecule has 1 aliphatic rings. The molecular weight excluding hydrogens is 563 g/mol. The molecule has 0 aliphatic heterocycles. The average molecular weight is 584 g/mol. The predicted molar refractivity (Wildman–Crippen MR) is 112 cm³/mol.